The van der Waals surface area contributed by atoms with Crippen molar-refractivity contribution in [3.05, 3.63) is 30.9 Å². The maximum Gasteiger partial charge on any atom is 0.123 e. The molecule has 2 aromatic heterocycles. The quantitative estimate of drug-likeness (QED) is 0.898. The third kappa shape index (κ3) is 2.81. The standard InChI is InChI=1S/C14H19N5O/c1-18-4-5-20-12(8-18)9-19-10-16-7-13(19)11-2-3-17-14(15)6-11/h2-3,6-7,10,12H,4-5,8-9H2,1H3,(H2,15,17). The lowest BCUT2D eigenvalue weighted by atomic mass is 10.2. The van der Waals surface area contributed by atoms with Gasteiger partial charge in [-0.3, -0.25) is 0 Å². The summed E-state index contributed by atoms with van der Waals surface area (Å²) < 4.78 is 7.92. The van der Waals surface area contributed by atoms with Crippen LogP contribution in [0.25, 0.3) is 11.3 Å². The van der Waals surface area contributed by atoms with Crippen molar-refractivity contribution in [1.82, 2.24) is 19.4 Å². The molecule has 0 bridgehead atoms. The Balaban J connectivity index is 1.80. The number of anilines is 1. The topological polar surface area (TPSA) is 69.2 Å². The number of ether oxygens (including phenoxy) is 1. The van der Waals surface area contributed by atoms with E-state index in [2.05, 4.69) is 26.5 Å². The van der Waals surface area contributed by atoms with Gasteiger partial charge in [0.25, 0.3) is 0 Å². The minimum Gasteiger partial charge on any atom is -0.384 e. The lowest BCUT2D eigenvalue weighted by Crippen LogP contribution is -2.41. The Morgan fingerprint density at radius 1 is 1.50 bits per heavy atom. The van der Waals surface area contributed by atoms with Gasteiger partial charge in [0.2, 0.25) is 0 Å². The van der Waals surface area contributed by atoms with E-state index in [0.29, 0.717) is 5.82 Å². The Hall–Kier alpha value is -1.92. The highest BCUT2D eigenvalue weighted by molar-refractivity contribution is 5.61. The molecular formula is C14H19N5O. The van der Waals surface area contributed by atoms with Gasteiger partial charge >= 0.3 is 0 Å². The van der Waals surface area contributed by atoms with Crippen molar-refractivity contribution in [1.29, 1.82) is 0 Å². The Morgan fingerprint density at radius 2 is 2.40 bits per heavy atom. The number of rotatable bonds is 3. The number of imidazole rings is 1. The van der Waals surface area contributed by atoms with E-state index in [0.717, 1.165) is 37.5 Å². The van der Waals surface area contributed by atoms with Crippen LogP contribution in [0.4, 0.5) is 5.82 Å². The second-order valence-electron chi connectivity index (χ2n) is 5.16. The van der Waals surface area contributed by atoms with Crippen molar-refractivity contribution in [3.8, 4) is 11.3 Å². The molecule has 1 atom stereocenters. The number of morpholine rings is 1. The van der Waals surface area contributed by atoms with E-state index in [1.165, 1.54) is 0 Å². The number of hydrogen-bond donors (Lipinski definition) is 1. The molecule has 0 radical (unpaired) electrons. The molecule has 2 aromatic rings. The van der Waals surface area contributed by atoms with Gasteiger partial charge in [-0.1, -0.05) is 0 Å². The lowest BCUT2D eigenvalue weighted by Gasteiger charge is -2.30. The highest BCUT2D eigenvalue weighted by Crippen LogP contribution is 2.21. The molecule has 1 fully saturated rings. The van der Waals surface area contributed by atoms with Gasteiger partial charge in [0.15, 0.2) is 0 Å². The van der Waals surface area contributed by atoms with Crippen LogP contribution in [0.5, 0.6) is 0 Å². The number of likely N-dealkylation sites (N-methyl/N-ethyl adjacent to an activating group) is 1. The first-order valence-corrected chi connectivity index (χ1v) is 6.74. The Labute approximate surface area is 118 Å². The van der Waals surface area contributed by atoms with Gasteiger partial charge in [-0.2, -0.15) is 0 Å². The monoisotopic (exact) mass is 273 g/mol. The van der Waals surface area contributed by atoms with Crippen molar-refractivity contribution in [2.75, 3.05) is 32.5 Å². The first kappa shape index (κ1) is 13.1. The molecule has 1 unspecified atom stereocenters. The summed E-state index contributed by atoms with van der Waals surface area (Å²) in [7, 11) is 2.12. The highest BCUT2D eigenvalue weighted by atomic mass is 16.5. The Morgan fingerprint density at radius 3 is 3.20 bits per heavy atom. The molecule has 3 heterocycles. The van der Waals surface area contributed by atoms with Crippen molar-refractivity contribution in [3.63, 3.8) is 0 Å². The van der Waals surface area contributed by atoms with Crippen molar-refractivity contribution in [2.24, 2.45) is 0 Å². The SMILES string of the molecule is CN1CCOC(Cn2cncc2-c2ccnc(N)c2)C1. The summed E-state index contributed by atoms with van der Waals surface area (Å²) in [5.41, 5.74) is 7.81. The number of nitrogens with two attached hydrogens (primary N) is 1. The molecule has 2 N–H and O–H groups in total. The van der Waals surface area contributed by atoms with E-state index >= 15 is 0 Å². The summed E-state index contributed by atoms with van der Waals surface area (Å²) >= 11 is 0. The molecule has 6 nitrogen and oxygen atoms in total. The molecule has 6 heteroatoms. The van der Waals surface area contributed by atoms with E-state index < -0.39 is 0 Å². The first-order chi connectivity index (χ1) is 9.72. The van der Waals surface area contributed by atoms with Gasteiger partial charge in [-0.05, 0) is 19.2 Å². The van der Waals surface area contributed by atoms with Gasteiger partial charge in [0.05, 0.1) is 37.5 Å². The fourth-order valence-electron chi connectivity index (χ4n) is 2.51. The maximum absolute atomic E-state index is 5.81. The van der Waals surface area contributed by atoms with Crippen LogP contribution in [-0.2, 0) is 11.3 Å². The van der Waals surface area contributed by atoms with E-state index in [-0.39, 0.29) is 6.10 Å². The summed E-state index contributed by atoms with van der Waals surface area (Å²) in [5, 5.41) is 0. The summed E-state index contributed by atoms with van der Waals surface area (Å²) in [6.07, 6.45) is 5.60. The van der Waals surface area contributed by atoms with Crippen molar-refractivity contribution >= 4 is 5.82 Å². The second-order valence-corrected chi connectivity index (χ2v) is 5.16. The molecule has 0 aliphatic carbocycles. The predicted molar refractivity (Wildman–Crippen MR) is 77.1 cm³/mol. The summed E-state index contributed by atoms with van der Waals surface area (Å²) in [4.78, 5) is 10.6. The zero-order valence-electron chi connectivity index (χ0n) is 11.6. The van der Waals surface area contributed by atoms with Gasteiger partial charge in [0, 0.05) is 24.8 Å². The number of hydrogen-bond acceptors (Lipinski definition) is 5. The Kier molecular flexibility index (Phi) is 3.66. The number of nitrogens with zero attached hydrogens (tertiary/aromatic N) is 4. The molecule has 3 rings (SSSR count). The molecule has 0 aromatic carbocycles. The molecule has 20 heavy (non-hydrogen) atoms. The largest absolute Gasteiger partial charge is 0.384 e. The fraction of sp³-hybridized carbons (Fsp3) is 0.429. The smallest absolute Gasteiger partial charge is 0.123 e. The average Bonchev–Trinajstić information content (AvgIpc) is 2.87. The summed E-state index contributed by atoms with van der Waals surface area (Å²) in [6.45, 7) is 3.51. The second kappa shape index (κ2) is 5.60. The summed E-state index contributed by atoms with van der Waals surface area (Å²) in [5.74, 6) is 0.517. The third-order valence-corrected chi connectivity index (χ3v) is 3.53. The van der Waals surface area contributed by atoms with Crippen LogP contribution in [0.1, 0.15) is 0 Å². The number of pyridine rings is 1. The minimum atomic E-state index is 0.195. The predicted octanol–water partition coefficient (Wildman–Crippen LogP) is 0.858. The molecule has 106 valence electrons. The van der Waals surface area contributed by atoms with Crippen molar-refractivity contribution < 1.29 is 4.74 Å². The molecule has 1 aliphatic heterocycles. The fourth-order valence-corrected chi connectivity index (χ4v) is 2.51. The van der Waals surface area contributed by atoms with Crippen LogP contribution in [0.3, 0.4) is 0 Å². The number of aromatic nitrogens is 3. The zero-order chi connectivity index (χ0) is 13.9. The molecule has 0 spiro atoms. The normalized spacial score (nSPS) is 20.1. The van der Waals surface area contributed by atoms with Crippen molar-refractivity contribution in [2.45, 2.75) is 12.6 Å². The van der Waals surface area contributed by atoms with Crippen LogP contribution in [0.15, 0.2) is 30.9 Å². The molecule has 1 aliphatic rings. The van der Waals surface area contributed by atoms with Crippen LogP contribution < -0.4 is 5.73 Å². The molecule has 1 saturated heterocycles. The van der Waals surface area contributed by atoms with Crippen LogP contribution in [0.2, 0.25) is 0 Å². The highest BCUT2D eigenvalue weighted by Gasteiger charge is 2.19. The molecular weight excluding hydrogens is 254 g/mol. The van der Waals surface area contributed by atoms with Gasteiger partial charge in [0.1, 0.15) is 5.82 Å². The third-order valence-electron chi connectivity index (χ3n) is 3.53. The molecule has 0 amide bonds. The first-order valence-electron chi connectivity index (χ1n) is 6.74. The van der Waals surface area contributed by atoms with Crippen LogP contribution in [-0.4, -0.2) is 52.3 Å². The van der Waals surface area contributed by atoms with E-state index in [1.807, 2.05) is 24.7 Å². The summed E-state index contributed by atoms with van der Waals surface area (Å²) in [6, 6.07) is 3.80. The minimum absolute atomic E-state index is 0.195. The lowest BCUT2D eigenvalue weighted by molar-refractivity contribution is -0.0272. The van der Waals surface area contributed by atoms with Gasteiger partial charge in [-0.15, -0.1) is 0 Å². The van der Waals surface area contributed by atoms with Gasteiger partial charge < -0.3 is 19.9 Å². The van der Waals surface area contributed by atoms with Gasteiger partial charge in [-0.25, -0.2) is 9.97 Å². The van der Waals surface area contributed by atoms with E-state index in [4.69, 9.17) is 10.5 Å². The average molecular weight is 273 g/mol. The maximum atomic E-state index is 5.81. The van der Waals surface area contributed by atoms with Crippen LogP contribution >= 0.6 is 0 Å². The van der Waals surface area contributed by atoms with Crippen LogP contribution in [0, 0.1) is 0 Å². The molecule has 0 saturated carbocycles. The van der Waals surface area contributed by atoms with E-state index in [1.54, 1.807) is 6.20 Å². The van der Waals surface area contributed by atoms with E-state index in [9.17, 15) is 0 Å². The Bertz CT molecular complexity index is 582. The number of nitrogen functional groups attached to an aromatic ring is 1. The zero-order valence-corrected chi connectivity index (χ0v) is 11.6.